The monoisotopic (exact) mass is 536 g/mol. The molecule has 10 heteroatoms. The summed E-state index contributed by atoms with van der Waals surface area (Å²) in [6, 6.07) is 3.94. The zero-order chi connectivity index (χ0) is 26.0. The van der Waals surface area contributed by atoms with Gasteiger partial charge in [0, 0.05) is 38.0 Å². The van der Waals surface area contributed by atoms with Crippen molar-refractivity contribution in [2.24, 2.45) is 17.8 Å². The van der Waals surface area contributed by atoms with E-state index in [2.05, 4.69) is 20.2 Å². The van der Waals surface area contributed by atoms with Crippen LogP contribution in [0.25, 0.3) is 0 Å². The summed E-state index contributed by atoms with van der Waals surface area (Å²) >= 11 is 5.88. The van der Waals surface area contributed by atoms with Crippen molar-refractivity contribution in [1.82, 2.24) is 15.3 Å². The standard InChI is InChI=1S/C27H32ClF3N4O2/c28-20-15-32-26(33-16-20)35-8-4-17(5-9-35)23-11-18(23)6-10-37-22-2-1-19(24(29)13-22)12-25(36)34-21-3-7-27(30,31)14-21/h1-2,13,15-18,21,23H,3-12,14H2,(H,34,36). The Morgan fingerprint density at radius 2 is 1.95 bits per heavy atom. The van der Waals surface area contributed by atoms with E-state index in [0.717, 1.165) is 38.3 Å². The highest BCUT2D eigenvalue weighted by Gasteiger charge is 2.43. The highest BCUT2D eigenvalue weighted by Crippen LogP contribution is 2.50. The highest BCUT2D eigenvalue weighted by molar-refractivity contribution is 6.30. The number of hydrogen-bond donors (Lipinski definition) is 1. The number of nitrogens with one attached hydrogen (secondary N) is 1. The van der Waals surface area contributed by atoms with Crippen LogP contribution in [0.3, 0.4) is 0 Å². The summed E-state index contributed by atoms with van der Waals surface area (Å²) in [4.78, 5) is 23.0. The maximum absolute atomic E-state index is 14.5. The topological polar surface area (TPSA) is 67.3 Å². The van der Waals surface area contributed by atoms with E-state index >= 15 is 0 Å². The lowest BCUT2D eigenvalue weighted by Gasteiger charge is -2.32. The molecule has 3 fully saturated rings. The van der Waals surface area contributed by atoms with Crippen LogP contribution >= 0.6 is 11.6 Å². The summed E-state index contributed by atoms with van der Waals surface area (Å²) in [6.45, 7) is 2.42. The molecule has 200 valence electrons. The fourth-order valence-corrected chi connectivity index (χ4v) is 5.89. The van der Waals surface area contributed by atoms with Crippen molar-refractivity contribution < 1.29 is 22.7 Å². The Balaban J connectivity index is 1.00. The van der Waals surface area contributed by atoms with Crippen LogP contribution in [-0.2, 0) is 11.2 Å². The first-order valence-electron chi connectivity index (χ1n) is 13.1. The molecular formula is C27H32ClF3N4O2. The number of anilines is 1. The molecule has 6 nitrogen and oxygen atoms in total. The Bertz CT molecular complexity index is 1100. The molecule has 3 unspecified atom stereocenters. The Morgan fingerprint density at radius 3 is 2.62 bits per heavy atom. The van der Waals surface area contributed by atoms with Crippen LogP contribution in [0.5, 0.6) is 5.75 Å². The maximum atomic E-state index is 14.5. The SMILES string of the molecule is O=C(Cc1ccc(OCCC2CC2C2CCN(c3ncc(Cl)cn3)CC2)cc1F)NC1CCC(F)(F)C1. The smallest absolute Gasteiger partial charge is 0.250 e. The molecule has 37 heavy (non-hydrogen) atoms. The molecule has 2 aromatic rings. The van der Waals surface area contributed by atoms with Gasteiger partial charge in [0.15, 0.2) is 0 Å². The van der Waals surface area contributed by atoms with E-state index in [1.807, 2.05) is 0 Å². The lowest BCUT2D eigenvalue weighted by molar-refractivity contribution is -0.121. The normalized spacial score (nSPS) is 25.2. The summed E-state index contributed by atoms with van der Waals surface area (Å²) in [5, 5.41) is 3.13. The second-order valence-electron chi connectivity index (χ2n) is 10.6. The minimum absolute atomic E-state index is 0.180. The van der Waals surface area contributed by atoms with Gasteiger partial charge in [0.05, 0.1) is 30.4 Å². The van der Waals surface area contributed by atoms with Crippen molar-refractivity contribution in [3.8, 4) is 5.75 Å². The fourth-order valence-electron chi connectivity index (χ4n) is 5.79. The van der Waals surface area contributed by atoms with Gasteiger partial charge in [0.2, 0.25) is 17.8 Å². The average Bonchev–Trinajstić information content (AvgIpc) is 3.56. The number of rotatable bonds is 9. The summed E-state index contributed by atoms with van der Waals surface area (Å²) in [5.74, 6) is -0.466. The number of alkyl halides is 2. The molecule has 1 aromatic heterocycles. The molecule has 5 rings (SSSR count). The molecule has 0 radical (unpaired) electrons. The van der Waals surface area contributed by atoms with E-state index in [1.165, 1.54) is 18.6 Å². The Hall–Kier alpha value is -2.55. The van der Waals surface area contributed by atoms with Crippen LogP contribution in [0.15, 0.2) is 30.6 Å². The third kappa shape index (κ3) is 6.86. The summed E-state index contributed by atoms with van der Waals surface area (Å²) in [6.07, 6.45) is 7.14. The number of nitrogens with zero attached hydrogens (tertiary/aromatic N) is 3. The molecule has 0 bridgehead atoms. The number of carbonyl (C=O) groups is 1. The number of hydrogen-bond acceptors (Lipinski definition) is 5. The molecule has 1 aliphatic heterocycles. The van der Waals surface area contributed by atoms with Gasteiger partial charge in [-0.1, -0.05) is 17.7 Å². The van der Waals surface area contributed by atoms with Crippen LogP contribution in [-0.4, -0.2) is 47.5 Å². The molecule has 2 saturated carbocycles. The second-order valence-corrected chi connectivity index (χ2v) is 11.1. The highest BCUT2D eigenvalue weighted by atomic mass is 35.5. The first-order valence-corrected chi connectivity index (χ1v) is 13.4. The number of ether oxygens (including phenoxy) is 1. The van der Waals surface area contributed by atoms with Crippen LogP contribution in [0.4, 0.5) is 19.1 Å². The predicted octanol–water partition coefficient (Wildman–Crippen LogP) is 5.44. The number of piperidine rings is 1. The maximum Gasteiger partial charge on any atom is 0.250 e. The van der Waals surface area contributed by atoms with E-state index in [1.54, 1.807) is 18.5 Å². The second kappa shape index (κ2) is 11.1. The minimum Gasteiger partial charge on any atom is -0.493 e. The van der Waals surface area contributed by atoms with Crippen molar-refractivity contribution in [2.75, 3.05) is 24.6 Å². The number of benzene rings is 1. The van der Waals surface area contributed by atoms with E-state index in [9.17, 15) is 18.0 Å². The Labute approximate surface area is 219 Å². The van der Waals surface area contributed by atoms with Crippen molar-refractivity contribution in [2.45, 2.75) is 63.3 Å². The first-order chi connectivity index (χ1) is 17.8. The molecule has 2 heterocycles. The third-order valence-electron chi connectivity index (χ3n) is 7.91. The number of carbonyl (C=O) groups excluding carboxylic acids is 1. The van der Waals surface area contributed by atoms with Crippen LogP contribution in [0.1, 0.15) is 50.5 Å². The van der Waals surface area contributed by atoms with Gasteiger partial charge in [-0.15, -0.1) is 0 Å². The van der Waals surface area contributed by atoms with Crippen LogP contribution in [0.2, 0.25) is 5.02 Å². The van der Waals surface area contributed by atoms with E-state index in [0.29, 0.717) is 35.1 Å². The number of halogens is 4. The number of aromatic nitrogens is 2. The van der Waals surface area contributed by atoms with Gasteiger partial charge in [0.25, 0.3) is 0 Å². The van der Waals surface area contributed by atoms with Gasteiger partial charge in [-0.2, -0.15) is 0 Å². The Kier molecular flexibility index (Phi) is 7.79. The number of amides is 1. The van der Waals surface area contributed by atoms with Crippen molar-refractivity contribution in [3.63, 3.8) is 0 Å². The molecule has 1 aromatic carbocycles. The molecule has 1 N–H and O–H groups in total. The van der Waals surface area contributed by atoms with Crippen molar-refractivity contribution in [3.05, 3.63) is 47.0 Å². The van der Waals surface area contributed by atoms with Gasteiger partial charge in [-0.25, -0.2) is 23.1 Å². The summed E-state index contributed by atoms with van der Waals surface area (Å²) in [5.41, 5.74) is 0.229. The van der Waals surface area contributed by atoms with Crippen LogP contribution in [0, 0.1) is 23.6 Å². The lowest BCUT2D eigenvalue weighted by atomic mass is 9.90. The van der Waals surface area contributed by atoms with Crippen molar-refractivity contribution in [1.29, 1.82) is 0 Å². The zero-order valence-corrected chi connectivity index (χ0v) is 21.4. The van der Waals surface area contributed by atoms with Crippen molar-refractivity contribution >= 4 is 23.5 Å². The zero-order valence-electron chi connectivity index (χ0n) is 20.6. The summed E-state index contributed by atoms with van der Waals surface area (Å²) < 4.78 is 46.9. The van der Waals surface area contributed by atoms with Gasteiger partial charge in [-0.3, -0.25) is 4.79 Å². The lowest BCUT2D eigenvalue weighted by Crippen LogP contribution is -2.35. The average molecular weight is 537 g/mol. The summed E-state index contributed by atoms with van der Waals surface area (Å²) in [7, 11) is 0. The molecule has 1 amide bonds. The molecule has 3 aliphatic rings. The molecule has 1 saturated heterocycles. The molecule has 0 spiro atoms. The third-order valence-corrected chi connectivity index (χ3v) is 8.11. The van der Waals surface area contributed by atoms with Crippen LogP contribution < -0.4 is 15.0 Å². The predicted molar refractivity (Wildman–Crippen MR) is 135 cm³/mol. The van der Waals surface area contributed by atoms with Gasteiger partial charge in [0.1, 0.15) is 11.6 Å². The van der Waals surface area contributed by atoms with E-state index in [-0.39, 0.29) is 31.2 Å². The largest absolute Gasteiger partial charge is 0.493 e. The van der Waals surface area contributed by atoms with E-state index < -0.39 is 23.7 Å². The fraction of sp³-hybridized carbons (Fsp3) is 0.593. The first kappa shape index (κ1) is 26.1. The molecule has 2 aliphatic carbocycles. The minimum atomic E-state index is -2.73. The van der Waals surface area contributed by atoms with Gasteiger partial charge >= 0.3 is 0 Å². The van der Waals surface area contributed by atoms with Gasteiger partial charge in [-0.05, 0) is 61.5 Å². The molecule has 3 atom stereocenters. The van der Waals surface area contributed by atoms with E-state index in [4.69, 9.17) is 16.3 Å². The molecular weight excluding hydrogens is 505 g/mol. The van der Waals surface area contributed by atoms with Gasteiger partial charge < -0.3 is 15.0 Å². The quantitative estimate of drug-likeness (QED) is 0.462. The Morgan fingerprint density at radius 1 is 1.19 bits per heavy atom.